The van der Waals surface area contributed by atoms with Gasteiger partial charge in [-0.1, -0.05) is 23.2 Å². The normalized spacial score (nSPS) is 20.6. The molecule has 1 fully saturated rings. The van der Waals surface area contributed by atoms with Gasteiger partial charge in [0.25, 0.3) is 0 Å². The van der Waals surface area contributed by atoms with Crippen LogP contribution >= 0.6 is 35.8 Å². The first-order chi connectivity index (χ1) is 7.49. The Morgan fingerprint density at radius 1 is 1.38 bits per heavy atom. The molecule has 1 amide bonds. The Balaban J connectivity index is 2.38. The van der Waals surface area contributed by atoms with E-state index in [1.807, 2.05) is 0 Å². The van der Waals surface area contributed by atoms with Crippen molar-refractivity contribution < 1.29 is 9.18 Å². The third kappa shape index (κ3) is 2.14. The lowest BCUT2D eigenvalue weighted by atomic mass is 10.3. The van der Waals surface area contributed by atoms with E-state index in [0.29, 0.717) is 18.7 Å². The second-order valence-electron chi connectivity index (χ2n) is 3.59. The van der Waals surface area contributed by atoms with Gasteiger partial charge in [-0.05, 0) is 12.1 Å². The highest BCUT2D eigenvalue weighted by atomic mass is 35.5. The fourth-order valence-electron chi connectivity index (χ4n) is 1.64. The summed E-state index contributed by atoms with van der Waals surface area (Å²) in [6, 6.07) is 2.79. The molecule has 1 aliphatic rings. The number of thiol groups is 1. The van der Waals surface area contributed by atoms with E-state index in [-0.39, 0.29) is 21.2 Å². The maximum Gasteiger partial charge on any atom is 0.228 e. The average molecular weight is 280 g/mol. The van der Waals surface area contributed by atoms with Crippen molar-refractivity contribution in [1.82, 2.24) is 0 Å². The van der Waals surface area contributed by atoms with Crippen molar-refractivity contribution >= 4 is 47.4 Å². The van der Waals surface area contributed by atoms with Crippen LogP contribution in [0.4, 0.5) is 10.1 Å². The van der Waals surface area contributed by atoms with E-state index >= 15 is 0 Å². The molecule has 1 aromatic rings. The molecule has 2 nitrogen and oxygen atoms in total. The summed E-state index contributed by atoms with van der Waals surface area (Å²) in [5.74, 6) is -0.722. The SMILES string of the molecule is O=C1CC(S)CN1c1cc(Cl)c(F)c(Cl)c1. The van der Waals surface area contributed by atoms with Gasteiger partial charge in [0, 0.05) is 23.9 Å². The molecule has 1 saturated heterocycles. The van der Waals surface area contributed by atoms with Crippen LogP contribution in [0.3, 0.4) is 0 Å². The molecule has 1 heterocycles. The minimum absolute atomic E-state index is 0.00453. The van der Waals surface area contributed by atoms with Gasteiger partial charge in [-0.3, -0.25) is 4.79 Å². The third-order valence-corrected chi connectivity index (χ3v) is 3.28. The van der Waals surface area contributed by atoms with Crippen molar-refractivity contribution in [3.8, 4) is 0 Å². The molecule has 0 aromatic heterocycles. The minimum atomic E-state index is -0.666. The fourth-order valence-corrected chi connectivity index (χ4v) is 2.43. The monoisotopic (exact) mass is 279 g/mol. The van der Waals surface area contributed by atoms with E-state index in [4.69, 9.17) is 23.2 Å². The van der Waals surface area contributed by atoms with Crippen molar-refractivity contribution in [3.05, 3.63) is 28.0 Å². The van der Waals surface area contributed by atoms with Crippen molar-refractivity contribution in [1.29, 1.82) is 0 Å². The van der Waals surface area contributed by atoms with Gasteiger partial charge in [-0.2, -0.15) is 12.6 Å². The van der Waals surface area contributed by atoms with Crippen molar-refractivity contribution in [3.63, 3.8) is 0 Å². The maximum atomic E-state index is 13.2. The predicted octanol–water partition coefficient (Wildman–Crippen LogP) is 3.17. The number of halogens is 3. The number of benzene rings is 1. The molecule has 6 heteroatoms. The van der Waals surface area contributed by atoms with Crippen LogP contribution in [-0.2, 0) is 4.79 Å². The number of amides is 1. The molecule has 0 aliphatic carbocycles. The van der Waals surface area contributed by atoms with E-state index < -0.39 is 5.82 Å². The highest BCUT2D eigenvalue weighted by molar-refractivity contribution is 7.81. The molecule has 0 saturated carbocycles. The highest BCUT2D eigenvalue weighted by Gasteiger charge is 2.29. The molecule has 0 spiro atoms. The number of anilines is 1. The Bertz CT molecular complexity index is 431. The van der Waals surface area contributed by atoms with Crippen LogP contribution in [0.5, 0.6) is 0 Å². The van der Waals surface area contributed by atoms with E-state index in [1.165, 1.54) is 17.0 Å². The summed E-state index contributed by atoms with van der Waals surface area (Å²) in [7, 11) is 0. The third-order valence-electron chi connectivity index (χ3n) is 2.38. The van der Waals surface area contributed by atoms with E-state index in [2.05, 4.69) is 12.6 Å². The molecular weight excluding hydrogens is 272 g/mol. The molecule has 1 unspecified atom stereocenters. The molecule has 1 aromatic carbocycles. The minimum Gasteiger partial charge on any atom is -0.311 e. The fraction of sp³-hybridized carbons (Fsp3) is 0.300. The van der Waals surface area contributed by atoms with E-state index in [0.717, 1.165) is 0 Å². The summed E-state index contributed by atoms with van der Waals surface area (Å²) < 4.78 is 13.2. The topological polar surface area (TPSA) is 20.3 Å². The summed E-state index contributed by atoms with van der Waals surface area (Å²) >= 11 is 15.6. The Morgan fingerprint density at radius 3 is 2.38 bits per heavy atom. The zero-order valence-electron chi connectivity index (χ0n) is 8.08. The summed E-state index contributed by atoms with van der Waals surface area (Å²) in [6.07, 6.45) is 0.371. The Hall–Kier alpha value is -0.450. The molecule has 86 valence electrons. The molecule has 0 N–H and O–H groups in total. The maximum absolute atomic E-state index is 13.2. The van der Waals surface area contributed by atoms with Crippen molar-refractivity contribution in [2.45, 2.75) is 11.7 Å². The van der Waals surface area contributed by atoms with Gasteiger partial charge >= 0.3 is 0 Å². The lowest BCUT2D eigenvalue weighted by molar-refractivity contribution is -0.117. The smallest absolute Gasteiger partial charge is 0.228 e. The summed E-state index contributed by atoms with van der Waals surface area (Å²) in [6.45, 7) is 0.486. The molecule has 2 rings (SSSR count). The van der Waals surface area contributed by atoms with Gasteiger partial charge in [0.1, 0.15) is 0 Å². The number of hydrogen-bond donors (Lipinski definition) is 1. The van der Waals surface area contributed by atoms with Crippen LogP contribution in [0.1, 0.15) is 6.42 Å². The first-order valence-corrected chi connectivity index (χ1v) is 5.89. The molecule has 16 heavy (non-hydrogen) atoms. The lowest BCUT2D eigenvalue weighted by Crippen LogP contribution is -2.24. The largest absolute Gasteiger partial charge is 0.311 e. The van der Waals surface area contributed by atoms with Gasteiger partial charge in [-0.15, -0.1) is 0 Å². The first kappa shape index (κ1) is 12.0. The van der Waals surface area contributed by atoms with Gasteiger partial charge in [-0.25, -0.2) is 4.39 Å². The van der Waals surface area contributed by atoms with Crippen LogP contribution < -0.4 is 4.90 Å². The van der Waals surface area contributed by atoms with E-state index in [1.54, 1.807) is 0 Å². The molecular formula is C10H8Cl2FNOS. The number of carbonyl (C=O) groups is 1. The Labute approximate surface area is 108 Å². The summed E-state index contributed by atoms with van der Waals surface area (Å²) in [4.78, 5) is 13.1. The Kier molecular flexibility index (Phi) is 3.33. The second-order valence-corrected chi connectivity index (χ2v) is 5.13. The molecule has 1 atom stereocenters. The molecule has 1 aliphatic heterocycles. The zero-order chi connectivity index (χ0) is 11.9. The van der Waals surface area contributed by atoms with E-state index in [9.17, 15) is 9.18 Å². The van der Waals surface area contributed by atoms with Crippen LogP contribution in [0.25, 0.3) is 0 Å². The zero-order valence-corrected chi connectivity index (χ0v) is 10.5. The quantitative estimate of drug-likeness (QED) is 0.619. The highest BCUT2D eigenvalue weighted by Crippen LogP contribution is 2.32. The van der Waals surface area contributed by atoms with Gasteiger partial charge in [0.05, 0.1) is 10.0 Å². The number of carbonyl (C=O) groups excluding carboxylic acids is 1. The Morgan fingerprint density at radius 2 is 1.94 bits per heavy atom. The summed E-state index contributed by atoms with van der Waals surface area (Å²) in [5.41, 5.74) is 0.512. The number of rotatable bonds is 1. The standard InChI is InChI=1S/C10H8Cl2FNOS/c11-7-1-5(2-8(12)10(7)13)14-4-6(16)3-9(14)15/h1-2,6,16H,3-4H2. The van der Waals surface area contributed by atoms with Crippen LogP contribution in [0.15, 0.2) is 12.1 Å². The summed E-state index contributed by atoms with van der Waals surface area (Å²) in [5, 5.41) is -0.175. The first-order valence-electron chi connectivity index (χ1n) is 4.62. The lowest BCUT2D eigenvalue weighted by Gasteiger charge is -2.16. The van der Waals surface area contributed by atoms with Crippen molar-refractivity contribution in [2.24, 2.45) is 0 Å². The van der Waals surface area contributed by atoms with Gasteiger partial charge in [0.15, 0.2) is 5.82 Å². The van der Waals surface area contributed by atoms with Crippen LogP contribution in [0, 0.1) is 5.82 Å². The van der Waals surface area contributed by atoms with Gasteiger partial charge < -0.3 is 4.90 Å². The van der Waals surface area contributed by atoms with Gasteiger partial charge in [0.2, 0.25) is 5.91 Å². The predicted molar refractivity (Wildman–Crippen MR) is 66.2 cm³/mol. The average Bonchev–Trinajstić information content (AvgIpc) is 2.53. The number of nitrogens with zero attached hydrogens (tertiary/aromatic N) is 1. The van der Waals surface area contributed by atoms with Crippen LogP contribution in [-0.4, -0.2) is 17.7 Å². The van der Waals surface area contributed by atoms with Crippen LogP contribution in [0.2, 0.25) is 10.0 Å². The molecule has 0 radical (unpaired) electrons. The molecule has 0 bridgehead atoms. The van der Waals surface area contributed by atoms with Crippen molar-refractivity contribution in [2.75, 3.05) is 11.4 Å². The number of hydrogen-bond acceptors (Lipinski definition) is 2. The second kappa shape index (κ2) is 4.43.